The molecule has 1 atom stereocenters. The third-order valence-electron chi connectivity index (χ3n) is 1.77. The smallest absolute Gasteiger partial charge is 0.253 e. The van der Waals surface area contributed by atoms with Gasteiger partial charge in [-0.05, 0) is 13.0 Å². The summed E-state index contributed by atoms with van der Waals surface area (Å²) in [6.07, 6.45) is 0.744. The minimum absolute atomic E-state index is 0. The Kier molecular flexibility index (Phi) is 4.97. The molecule has 2 nitrogen and oxygen atoms in total. The van der Waals surface area contributed by atoms with E-state index in [0.29, 0.717) is 13.2 Å². The highest BCUT2D eigenvalue weighted by Crippen LogP contribution is 2.48. The van der Waals surface area contributed by atoms with Gasteiger partial charge in [-0.2, -0.15) is 0 Å². The van der Waals surface area contributed by atoms with Crippen molar-refractivity contribution >= 4 is 12.4 Å². The van der Waals surface area contributed by atoms with Gasteiger partial charge < -0.3 is 10.5 Å². The standard InChI is InChI=1S/C7H13F2NO.ClH/c8-7(9)4-6(7)5-11-3-1-2-10;/h6H,1-5,10H2;1H. The summed E-state index contributed by atoms with van der Waals surface area (Å²) in [7, 11) is 0. The number of alkyl halides is 2. The molecule has 0 saturated heterocycles. The first kappa shape index (κ1) is 12.1. The maximum Gasteiger partial charge on any atom is 0.253 e. The molecule has 0 radical (unpaired) electrons. The van der Waals surface area contributed by atoms with Crippen molar-refractivity contribution in [3.05, 3.63) is 0 Å². The molecule has 0 aromatic heterocycles. The van der Waals surface area contributed by atoms with Gasteiger partial charge in [-0.15, -0.1) is 12.4 Å². The first-order valence-corrected chi connectivity index (χ1v) is 3.82. The number of halogens is 3. The number of nitrogens with two attached hydrogens (primary N) is 1. The first-order chi connectivity index (χ1) is 5.17. The van der Waals surface area contributed by atoms with Gasteiger partial charge in [-0.3, -0.25) is 0 Å². The minimum Gasteiger partial charge on any atom is -0.381 e. The zero-order chi connectivity index (χ0) is 8.32. The van der Waals surface area contributed by atoms with Crippen LogP contribution in [0.4, 0.5) is 8.78 Å². The molecule has 0 bridgehead atoms. The predicted molar refractivity (Wildman–Crippen MR) is 44.8 cm³/mol. The van der Waals surface area contributed by atoms with Crippen molar-refractivity contribution in [2.75, 3.05) is 19.8 Å². The second kappa shape index (κ2) is 4.94. The predicted octanol–water partition coefficient (Wildman–Crippen LogP) is 1.43. The third-order valence-corrected chi connectivity index (χ3v) is 1.77. The highest BCUT2D eigenvalue weighted by atomic mass is 35.5. The molecular weight excluding hydrogens is 188 g/mol. The minimum atomic E-state index is -2.44. The van der Waals surface area contributed by atoms with Gasteiger partial charge >= 0.3 is 0 Å². The van der Waals surface area contributed by atoms with E-state index in [2.05, 4.69) is 0 Å². The molecule has 1 fully saturated rings. The molecule has 1 aliphatic rings. The van der Waals surface area contributed by atoms with E-state index < -0.39 is 11.8 Å². The van der Waals surface area contributed by atoms with Crippen LogP contribution in [0.2, 0.25) is 0 Å². The summed E-state index contributed by atoms with van der Waals surface area (Å²) >= 11 is 0. The molecular formula is C7H14ClF2NO. The average molecular weight is 202 g/mol. The molecule has 12 heavy (non-hydrogen) atoms. The van der Waals surface area contributed by atoms with Crippen molar-refractivity contribution in [3.63, 3.8) is 0 Å². The zero-order valence-corrected chi connectivity index (χ0v) is 7.58. The molecule has 0 heterocycles. The van der Waals surface area contributed by atoms with E-state index in [1.807, 2.05) is 0 Å². The molecule has 1 rings (SSSR count). The molecule has 0 aliphatic heterocycles. The van der Waals surface area contributed by atoms with Crippen LogP contribution in [-0.4, -0.2) is 25.7 Å². The highest BCUT2D eigenvalue weighted by Gasteiger charge is 2.56. The van der Waals surface area contributed by atoms with Crippen molar-refractivity contribution in [2.45, 2.75) is 18.8 Å². The Labute approximate surface area is 76.9 Å². The monoisotopic (exact) mass is 201 g/mol. The summed E-state index contributed by atoms with van der Waals surface area (Å²) in [4.78, 5) is 0. The summed E-state index contributed by atoms with van der Waals surface area (Å²) in [5.41, 5.74) is 5.19. The Hall–Kier alpha value is 0.0700. The zero-order valence-electron chi connectivity index (χ0n) is 6.76. The largest absolute Gasteiger partial charge is 0.381 e. The number of ether oxygens (including phenoxy) is 1. The number of rotatable bonds is 5. The molecule has 1 aliphatic carbocycles. The quantitative estimate of drug-likeness (QED) is 0.683. The summed E-state index contributed by atoms with van der Waals surface area (Å²) in [5, 5.41) is 0. The molecule has 0 aromatic rings. The van der Waals surface area contributed by atoms with Crippen LogP contribution in [0, 0.1) is 5.92 Å². The van der Waals surface area contributed by atoms with Crippen LogP contribution in [0.15, 0.2) is 0 Å². The van der Waals surface area contributed by atoms with Gasteiger partial charge in [0.15, 0.2) is 0 Å². The first-order valence-electron chi connectivity index (χ1n) is 3.82. The van der Waals surface area contributed by atoms with E-state index in [9.17, 15) is 8.78 Å². The Bertz CT molecular complexity index is 135. The average Bonchev–Trinajstić information content (AvgIpc) is 2.52. The van der Waals surface area contributed by atoms with Crippen molar-refractivity contribution in [1.82, 2.24) is 0 Å². The summed E-state index contributed by atoms with van der Waals surface area (Å²) in [5.74, 6) is -2.97. The van der Waals surface area contributed by atoms with Crippen molar-refractivity contribution in [2.24, 2.45) is 11.7 Å². The number of hydrogen-bond acceptors (Lipinski definition) is 2. The molecule has 1 unspecified atom stereocenters. The van der Waals surface area contributed by atoms with Crippen molar-refractivity contribution < 1.29 is 13.5 Å². The van der Waals surface area contributed by atoms with E-state index in [1.165, 1.54) is 0 Å². The van der Waals surface area contributed by atoms with E-state index in [0.717, 1.165) is 6.42 Å². The van der Waals surface area contributed by atoms with Crippen LogP contribution in [0.3, 0.4) is 0 Å². The molecule has 74 valence electrons. The number of hydrogen-bond donors (Lipinski definition) is 1. The van der Waals surface area contributed by atoms with Crippen LogP contribution >= 0.6 is 12.4 Å². The molecule has 0 amide bonds. The summed E-state index contributed by atoms with van der Waals surface area (Å²) in [6, 6.07) is 0. The van der Waals surface area contributed by atoms with Gasteiger partial charge in [0.1, 0.15) is 0 Å². The molecule has 5 heteroatoms. The maximum absolute atomic E-state index is 12.2. The lowest BCUT2D eigenvalue weighted by Gasteiger charge is -2.00. The third kappa shape index (κ3) is 3.65. The Balaban J connectivity index is 0.00000121. The van der Waals surface area contributed by atoms with E-state index in [1.54, 1.807) is 0 Å². The second-order valence-electron chi connectivity index (χ2n) is 2.88. The van der Waals surface area contributed by atoms with Crippen LogP contribution in [0.25, 0.3) is 0 Å². The van der Waals surface area contributed by atoms with Crippen molar-refractivity contribution in [1.29, 1.82) is 0 Å². The summed E-state index contributed by atoms with van der Waals surface area (Å²) < 4.78 is 29.4. The maximum atomic E-state index is 12.2. The van der Waals surface area contributed by atoms with Gasteiger partial charge in [0.2, 0.25) is 0 Å². The Morgan fingerprint density at radius 1 is 1.50 bits per heavy atom. The Morgan fingerprint density at radius 3 is 2.50 bits per heavy atom. The molecule has 1 saturated carbocycles. The van der Waals surface area contributed by atoms with E-state index in [-0.39, 0.29) is 25.4 Å². The molecule has 0 aromatic carbocycles. The van der Waals surface area contributed by atoms with Crippen molar-refractivity contribution in [3.8, 4) is 0 Å². The molecule has 0 spiro atoms. The van der Waals surface area contributed by atoms with Gasteiger partial charge in [0, 0.05) is 13.0 Å². The van der Waals surface area contributed by atoms with Crippen LogP contribution in [-0.2, 0) is 4.74 Å². The van der Waals surface area contributed by atoms with Gasteiger partial charge in [0.05, 0.1) is 12.5 Å². The van der Waals surface area contributed by atoms with Gasteiger partial charge in [-0.25, -0.2) is 8.78 Å². The van der Waals surface area contributed by atoms with Crippen LogP contribution in [0.5, 0.6) is 0 Å². The lowest BCUT2D eigenvalue weighted by molar-refractivity contribution is 0.0546. The lowest BCUT2D eigenvalue weighted by atomic mass is 10.4. The lowest BCUT2D eigenvalue weighted by Crippen LogP contribution is -2.08. The van der Waals surface area contributed by atoms with Crippen LogP contribution in [0.1, 0.15) is 12.8 Å². The van der Waals surface area contributed by atoms with Crippen LogP contribution < -0.4 is 5.73 Å². The highest BCUT2D eigenvalue weighted by molar-refractivity contribution is 5.85. The fraction of sp³-hybridized carbons (Fsp3) is 1.00. The fourth-order valence-corrected chi connectivity index (χ4v) is 0.861. The normalized spacial score (nSPS) is 24.8. The topological polar surface area (TPSA) is 35.2 Å². The Morgan fingerprint density at radius 2 is 2.08 bits per heavy atom. The van der Waals surface area contributed by atoms with E-state index >= 15 is 0 Å². The van der Waals surface area contributed by atoms with E-state index in [4.69, 9.17) is 10.5 Å². The second-order valence-corrected chi connectivity index (χ2v) is 2.88. The van der Waals surface area contributed by atoms with Gasteiger partial charge in [0.25, 0.3) is 5.92 Å². The SMILES string of the molecule is Cl.NCCCOCC1CC1(F)F. The fourth-order valence-electron chi connectivity index (χ4n) is 0.861. The van der Waals surface area contributed by atoms with Gasteiger partial charge in [-0.1, -0.05) is 0 Å². The molecule has 2 N–H and O–H groups in total. The summed E-state index contributed by atoms with van der Waals surface area (Å²) in [6.45, 7) is 1.25.